The fraction of sp³-hybridized carbons (Fsp3) is 0.444. The van der Waals surface area contributed by atoms with E-state index in [1.54, 1.807) is 80.3 Å². The predicted molar refractivity (Wildman–Crippen MR) is 369 cm³/mol. The van der Waals surface area contributed by atoms with Crippen molar-refractivity contribution in [1.29, 1.82) is 10.5 Å². The number of carbonyl (C=O) groups is 8. The second-order valence-corrected chi connectivity index (χ2v) is 25.2. The molecule has 2 aromatic heterocycles. The Balaban J connectivity index is 0.753. The molecule has 0 spiro atoms. The van der Waals surface area contributed by atoms with Crippen LogP contribution in [0, 0.1) is 22.7 Å². The van der Waals surface area contributed by atoms with E-state index in [9.17, 15) is 81.8 Å². The summed E-state index contributed by atoms with van der Waals surface area (Å²) < 4.78 is 85.6. The number of pyridine rings is 2. The van der Waals surface area contributed by atoms with E-state index in [0.717, 1.165) is 32.1 Å². The predicted octanol–water partition coefficient (Wildman–Crippen LogP) is 3.91. The van der Waals surface area contributed by atoms with Gasteiger partial charge in [-0.05, 0) is 82.9 Å². The number of nitrogens with one attached hydrogen (secondary N) is 2. The summed E-state index contributed by atoms with van der Waals surface area (Å²) in [5.74, 6) is -11.8. The van der Waals surface area contributed by atoms with Crippen molar-refractivity contribution >= 4 is 69.2 Å². The van der Waals surface area contributed by atoms with Gasteiger partial charge in [0.25, 0.3) is 23.7 Å². The Hall–Kier alpha value is -10.5. The highest BCUT2D eigenvalue weighted by Crippen LogP contribution is 2.34. The van der Waals surface area contributed by atoms with Gasteiger partial charge < -0.3 is 64.3 Å². The third-order valence-electron chi connectivity index (χ3n) is 17.7. The Morgan fingerprint density at radius 3 is 1.18 bits per heavy atom. The monoisotopic (exact) mass is 1460 g/mol. The maximum atomic E-state index is 14.4. The van der Waals surface area contributed by atoms with Gasteiger partial charge in [0.15, 0.2) is 0 Å². The number of fused-ring (bicyclic) bond motifs is 2. The van der Waals surface area contributed by atoms with Gasteiger partial charge >= 0.3 is 17.9 Å². The Morgan fingerprint density at radius 2 is 0.819 bits per heavy atom. The quantitative estimate of drug-likeness (QED) is 0.0288. The number of benzene rings is 4. The van der Waals surface area contributed by atoms with Crippen LogP contribution in [0.3, 0.4) is 0 Å². The number of carbonyl (C=O) groups excluding carboxylic acids is 5. The molecule has 0 bridgehead atoms. The summed E-state index contributed by atoms with van der Waals surface area (Å²) in [6, 6.07) is 28.8. The van der Waals surface area contributed by atoms with Crippen molar-refractivity contribution in [2.75, 3.05) is 171 Å². The number of carboxylic acid groups (broad SMARTS) is 3. The van der Waals surface area contributed by atoms with Gasteiger partial charge in [0.05, 0.1) is 126 Å². The van der Waals surface area contributed by atoms with Gasteiger partial charge in [-0.1, -0.05) is 36.4 Å². The molecule has 3 saturated heterocycles. The maximum absolute atomic E-state index is 14.4. The van der Waals surface area contributed by atoms with Crippen molar-refractivity contribution in [2.45, 2.75) is 36.8 Å². The molecule has 5 N–H and O–H groups in total. The molecular formula is C72H81F4N13O16. The van der Waals surface area contributed by atoms with Crippen LogP contribution in [0.5, 0.6) is 11.5 Å². The van der Waals surface area contributed by atoms with Crippen LogP contribution < -0.4 is 20.1 Å². The Kier molecular flexibility index (Phi) is 28.3. The second kappa shape index (κ2) is 37.8. The molecule has 3 aliphatic rings. The van der Waals surface area contributed by atoms with Gasteiger partial charge in [0.1, 0.15) is 36.8 Å². The van der Waals surface area contributed by atoms with Crippen molar-refractivity contribution in [3.63, 3.8) is 0 Å². The normalized spacial score (nSPS) is 17.4. The highest BCUT2D eigenvalue weighted by atomic mass is 19.3. The number of nitrogens with zero attached hydrogens (tertiary/aromatic N) is 11. The summed E-state index contributed by atoms with van der Waals surface area (Å²) in [5, 5.41) is 53.7. The fourth-order valence-electron chi connectivity index (χ4n) is 12.3. The summed E-state index contributed by atoms with van der Waals surface area (Å²) in [6.45, 7) is -0.949. The number of aromatic nitrogens is 2. The topological polar surface area (TPSA) is 364 Å². The molecule has 5 amide bonds. The van der Waals surface area contributed by atoms with E-state index < -0.39 is 104 Å². The van der Waals surface area contributed by atoms with Crippen LogP contribution >= 0.6 is 0 Å². The van der Waals surface area contributed by atoms with Gasteiger partial charge in [-0.3, -0.25) is 67.9 Å². The fourth-order valence-corrected chi connectivity index (χ4v) is 12.3. The zero-order valence-electron chi connectivity index (χ0n) is 57.4. The Bertz CT molecular complexity index is 4100. The van der Waals surface area contributed by atoms with Crippen LogP contribution in [-0.2, 0) is 43.0 Å². The van der Waals surface area contributed by atoms with Crippen molar-refractivity contribution in [2.24, 2.45) is 0 Å². The molecule has 29 nitrogen and oxygen atoms in total. The number of likely N-dealkylation sites (tertiary alicyclic amines) is 2. The molecule has 105 heavy (non-hydrogen) atoms. The molecule has 5 heterocycles. The highest BCUT2D eigenvalue weighted by molar-refractivity contribution is 6.09. The lowest BCUT2D eigenvalue weighted by molar-refractivity contribution is -0.141. The smallest absolute Gasteiger partial charge is 0.317 e. The van der Waals surface area contributed by atoms with Crippen LogP contribution in [-0.4, -0.2) is 302 Å². The molecule has 0 unspecified atom stereocenters. The van der Waals surface area contributed by atoms with Crippen LogP contribution in [0.15, 0.2) is 109 Å². The first-order chi connectivity index (χ1) is 50.4. The minimum absolute atomic E-state index is 0.0917. The number of carboxylic acids is 3. The highest BCUT2D eigenvalue weighted by Gasteiger charge is 2.48. The number of aliphatic carboxylic acids is 3. The first-order valence-corrected chi connectivity index (χ1v) is 33.9. The van der Waals surface area contributed by atoms with Crippen LogP contribution in [0.25, 0.3) is 44.1 Å². The van der Waals surface area contributed by atoms with Crippen LogP contribution in [0.4, 0.5) is 17.6 Å². The summed E-state index contributed by atoms with van der Waals surface area (Å²) >= 11 is 0. The number of alkyl halides is 4. The molecule has 0 saturated carbocycles. The molecule has 0 aliphatic carbocycles. The number of hydrogen-bond donors (Lipinski definition) is 5. The third-order valence-corrected chi connectivity index (χ3v) is 17.7. The molecule has 4 aromatic carbocycles. The average molecular weight is 1460 g/mol. The first kappa shape index (κ1) is 78.6. The molecule has 2 atom stereocenters. The minimum atomic E-state index is -3.21. The lowest BCUT2D eigenvalue weighted by Gasteiger charge is -2.33. The number of ether oxygens (including phenoxy) is 5. The van der Waals surface area contributed by atoms with Crippen LogP contribution in [0.2, 0.25) is 0 Å². The average Bonchev–Trinajstić information content (AvgIpc) is 1.53. The van der Waals surface area contributed by atoms with Gasteiger partial charge in [0.2, 0.25) is 17.7 Å². The van der Waals surface area contributed by atoms with E-state index in [0.29, 0.717) is 33.3 Å². The van der Waals surface area contributed by atoms with E-state index in [-0.39, 0.29) is 162 Å². The van der Waals surface area contributed by atoms with E-state index >= 15 is 0 Å². The minimum Gasteiger partial charge on any atom is -0.491 e. The molecule has 9 rings (SSSR count). The first-order valence-electron chi connectivity index (χ1n) is 33.9. The summed E-state index contributed by atoms with van der Waals surface area (Å²) in [5.41, 5.74) is 4.40. The van der Waals surface area contributed by atoms with Crippen molar-refractivity contribution in [3.05, 3.63) is 121 Å². The number of halogens is 4. The summed E-state index contributed by atoms with van der Waals surface area (Å²) in [4.78, 5) is 121. The zero-order valence-corrected chi connectivity index (χ0v) is 57.4. The maximum Gasteiger partial charge on any atom is 0.317 e. The molecule has 558 valence electrons. The van der Waals surface area contributed by atoms with Gasteiger partial charge in [-0.2, -0.15) is 10.5 Å². The van der Waals surface area contributed by atoms with E-state index in [4.69, 9.17) is 23.7 Å². The zero-order chi connectivity index (χ0) is 75.0. The summed E-state index contributed by atoms with van der Waals surface area (Å²) in [6.07, 6.45) is 1.33. The standard InChI is InChI=1S/C72H81F4N13O16/c73-71(74)37-53(39-77)88(47-71)63(90)41-81-69(99)57-13-15-79-61-11-5-51(35-59(57)61)49-1-7-55(8-2-49)104-33-31-102-28-26-87(65(92)43-83-17-19-84(44-66(93)94)21-23-86(46-68(97)98)24-22-85(20-18-83)45-67(95)96)25-27-101-29-30-103-32-34-105-56-9-3-50(4-10-56)52-6-12-62-60(36-52)58(14-16-80-62)70(100)82-42-64(91)89-48-72(75,76)38-54(89)40-78/h1-16,35-36,53-54H,17-34,37-38,41-48H2,(H,81,99)(H,82,100)(H,93,94)(H,95,96)(H,97,98)/t53-,54-/m0/s1. The molecule has 3 aliphatic heterocycles. The second-order valence-electron chi connectivity index (χ2n) is 25.2. The number of rotatable bonds is 33. The van der Waals surface area contributed by atoms with Gasteiger partial charge in [-0.15, -0.1) is 0 Å². The molecule has 33 heteroatoms. The van der Waals surface area contributed by atoms with Crippen LogP contribution in [0.1, 0.15) is 33.6 Å². The molecule has 3 fully saturated rings. The number of nitriles is 2. The largest absolute Gasteiger partial charge is 0.491 e. The summed E-state index contributed by atoms with van der Waals surface area (Å²) in [7, 11) is 0. The van der Waals surface area contributed by atoms with Gasteiger partial charge in [-0.25, -0.2) is 17.6 Å². The SMILES string of the molecule is N#C[C@@H]1CC(F)(F)CN1C(=O)CNC(=O)c1ccnc2ccc(-c3ccc(OCCOCCOCCN(CCOCCOc4ccc(-c5ccc6nccc(C(=O)NCC(=O)N7CC(F)(F)C[C@H]7C#N)c6c5)cc4)C(=O)CN4CCN(CC(=O)O)CCN(CC(=O)O)CCN(CC(=O)O)CC4)cc3)cc12. The van der Waals surface area contributed by atoms with Gasteiger partial charge in [0, 0.05) is 101 Å². The third kappa shape index (κ3) is 23.5. The van der Waals surface area contributed by atoms with Crippen molar-refractivity contribution in [3.8, 4) is 45.9 Å². The van der Waals surface area contributed by atoms with E-state index in [2.05, 4.69) is 20.6 Å². The van der Waals surface area contributed by atoms with E-state index in [1.165, 1.54) is 24.5 Å². The molecular weight excluding hydrogens is 1380 g/mol. The number of hydrogen-bond acceptors (Lipinski definition) is 21. The van der Waals surface area contributed by atoms with Crippen molar-refractivity contribution in [1.82, 2.24) is 54.9 Å². The molecule has 6 aromatic rings. The van der Waals surface area contributed by atoms with E-state index in [1.807, 2.05) is 41.3 Å². The lowest BCUT2D eigenvalue weighted by Crippen LogP contribution is -2.50. The number of amides is 5. The molecule has 0 radical (unpaired) electrons. The lowest BCUT2D eigenvalue weighted by atomic mass is 10.0. The Labute approximate surface area is 601 Å². The van der Waals surface area contributed by atoms with Crippen molar-refractivity contribution < 1.29 is 94.9 Å². The Morgan fingerprint density at radius 1 is 0.476 bits per heavy atom.